The first kappa shape index (κ1) is 22.0. The summed E-state index contributed by atoms with van der Waals surface area (Å²) in [5.41, 5.74) is 2.42. The smallest absolute Gasteiger partial charge is 0.306 e. The van der Waals surface area contributed by atoms with Crippen LogP contribution in [0.15, 0.2) is 48.7 Å². The van der Waals surface area contributed by atoms with Gasteiger partial charge in [-0.2, -0.15) is 0 Å². The summed E-state index contributed by atoms with van der Waals surface area (Å²) in [6.07, 6.45) is 2.56. The van der Waals surface area contributed by atoms with Crippen LogP contribution in [0.5, 0.6) is 5.75 Å². The molecule has 5 heterocycles. The van der Waals surface area contributed by atoms with E-state index in [-0.39, 0.29) is 55.7 Å². The van der Waals surface area contributed by atoms with Crippen molar-refractivity contribution in [3.63, 3.8) is 0 Å². The van der Waals surface area contributed by atoms with Crippen molar-refractivity contribution >= 4 is 23.4 Å². The second kappa shape index (κ2) is 8.85. The van der Waals surface area contributed by atoms with Gasteiger partial charge in [0, 0.05) is 36.9 Å². The average Bonchev–Trinajstić information content (AvgIpc) is 2.81. The van der Waals surface area contributed by atoms with Crippen LogP contribution in [0, 0.1) is 5.82 Å². The zero-order chi connectivity index (χ0) is 23.7. The van der Waals surface area contributed by atoms with Crippen LogP contribution in [0.25, 0.3) is 0 Å². The van der Waals surface area contributed by atoms with Crippen molar-refractivity contribution in [2.24, 2.45) is 0 Å². The molecule has 1 aromatic heterocycles. The normalized spacial score (nSPS) is 20.3. The number of nitrogens with one attached hydrogen (secondary N) is 1. The molecule has 0 saturated carbocycles. The molecule has 1 atom stereocenters. The maximum absolute atomic E-state index is 14.5. The number of hydrogen-bond acceptors (Lipinski definition) is 7. The van der Waals surface area contributed by atoms with Crippen molar-refractivity contribution in [1.82, 2.24) is 9.97 Å². The Morgan fingerprint density at radius 2 is 1.94 bits per heavy atom. The number of halogens is 1. The molecule has 8 bridgehead atoms. The summed E-state index contributed by atoms with van der Waals surface area (Å²) in [5.74, 6) is -0.0435. The molecule has 8 heteroatoms. The van der Waals surface area contributed by atoms with Gasteiger partial charge in [-0.15, -0.1) is 0 Å². The lowest BCUT2D eigenvalue weighted by atomic mass is 9.88. The molecule has 0 saturated heterocycles. The monoisotopic (exact) mass is 461 g/mol. The summed E-state index contributed by atoms with van der Waals surface area (Å²) >= 11 is 0. The summed E-state index contributed by atoms with van der Waals surface area (Å²) in [7, 11) is 0. The van der Waals surface area contributed by atoms with Crippen LogP contribution < -0.4 is 10.1 Å². The van der Waals surface area contributed by atoms with Gasteiger partial charge in [0.15, 0.2) is 17.2 Å². The van der Waals surface area contributed by atoms with Gasteiger partial charge in [-0.1, -0.05) is 24.3 Å². The van der Waals surface area contributed by atoms with Crippen LogP contribution >= 0.6 is 0 Å². The number of nitrogens with zero attached hydrogens (tertiary/aromatic N) is 2. The lowest BCUT2D eigenvalue weighted by Gasteiger charge is -2.34. The molecule has 4 aliphatic heterocycles. The Bertz CT molecular complexity index is 1280. The van der Waals surface area contributed by atoms with E-state index in [2.05, 4.69) is 15.3 Å². The molecule has 1 N–H and O–H groups in total. The Labute approximate surface area is 196 Å². The summed E-state index contributed by atoms with van der Waals surface area (Å²) in [4.78, 5) is 33.6. The van der Waals surface area contributed by atoms with Crippen molar-refractivity contribution in [2.75, 3.05) is 11.9 Å². The molecule has 0 amide bonds. The summed E-state index contributed by atoms with van der Waals surface area (Å²) in [6.45, 7) is 1.82. The maximum atomic E-state index is 14.5. The topological polar surface area (TPSA) is 90.4 Å². The van der Waals surface area contributed by atoms with E-state index in [9.17, 15) is 14.0 Å². The molecular weight excluding hydrogens is 437 g/mol. The Balaban J connectivity index is 1.50. The number of aryl methyl sites for hydroxylation is 1. The minimum atomic E-state index is -1.07. The quantitative estimate of drug-likeness (QED) is 0.504. The number of Topliss-reactive ketones (excluding diaryl/α,β-unsaturated/α-hetero) is 1. The van der Waals surface area contributed by atoms with Gasteiger partial charge < -0.3 is 14.8 Å². The highest BCUT2D eigenvalue weighted by Gasteiger charge is 2.39. The predicted molar refractivity (Wildman–Crippen MR) is 123 cm³/mol. The molecule has 1 unspecified atom stereocenters. The highest BCUT2D eigenvalue weighted by molar-refractivity contribution is 5.91. The van der Waals surface area contributed by atoms with Crippen LogP contribution in [0.2, 0.25) is 0 Å². The first-order valence-corrected chi connectivity index (χ1v) is 11.3. The number of carbonyl (C=O) groups excluding carboxylic acids is 2. The Hall–Kier alpha value is -3.81. The van der Waals surface area contributed by atoms with Crippen molar-refractivity contribution in [1.29, 1.82) is 0 Å². The molecular formula is C26H24FN3O4. The maximum Gasteiger partial charge on any atom is 0.306 e. The SMILES string of the molecule is CC12CCOC(=O)CCc3cccc(c3)Nc3ncc(F)c(n3)Cc3ccc(c(c3)CC1=O)O2. The number of esters is 1. The molecule has 2 aromatic carbocycles. The molecule has 0 aliphatic carbocycles. The first-order chi connectivity index (χ1) is 16.4. The zero-order valence-electron chi connectivity index (χ0n) is 18.8. The van der Waals surface area contributed by atoms with Gasteiger partial charge in [0.1, 0.15) is 5.75 Å². The third-order valence-corrected chi connectivity index (χ3v) is 6.23. The predicted octanol–water partition coefficient (Wildman–Crippen LogP) is 4.09. The molecule has 7 nitrogen and oxygen atoms in total. The fraction of sp³-hybridized carbons (Fsp3) is 0.308. The highest BCUT2D eigenvalue weighted by atomic mass is 19.1. The van der Waals surface area contributed by atoms with Gasteiger partial charge in [0.05, 0.1) is 18.5 Å². The number of fused-ring (bicyclic) bond motifs is 2. The van der Waals surface area contributed by atoms with E-state index in [4.69, 9.17) is 9.47 Å². The number of aromatic nitrogens is 2. The van der Waals surface area contributed by atoms with Crippen molar-refractivity contribution in [3.8, 4) is 5.75 Å². The summed E-state index contributed by atoms with van der Waals surface area (Å²) in [5, 5.41) is 3.11. The summed E-state index contributed by atoms with van der Waals surface area (Å²) in [6, 6.07) is 13.0. The van der Waals surface area contributed by atoms with E-state index < -0.39 is 11.4 Å². The van der Waals surface area contributed by atoms with Gasteiger partial charge in [-0.25, -0.2) is 14.4 Å². The van der Waals surface area contributed by atoms with Gasteiger partial charge in [-0.3, -0.25) is 9.59 Å². The fourth-order valence-corrected chi connectivity index (χ4v) is 4.22. The Morgan fingerprint density at radius 3 is 2.82 bits per heavy atom. The standard InChI is InChI=1S/C26H24FN3O4/c1-26-9-10-33-24(32)8-6-16-3-2-4-19(12-16)29-25-28-15-20(27)21(30-25)13-17-5-7-22(34-26)18(11-17)14-23(26)31/h2-5,7,11-12,15H,6,8-10,13-14H2,1H3,(H,28,29,30). The second-order valence-corrected chi connectivity index (χ2v) is 8.84. The third kappa shape index (κ3) is 4.62. The number of ether oxygens (including phenoxy) is 2. The van der Waals surface area contributed by atoms with Gasteiger partial charge in [0.25, 0.3) is 0 Å². The van der Waals surface area contributed by atoms with Crippen LogP contribution in [-0.4, -0.2) is 33.9 Å². The summed E-state index contributed by atoms with van der Waals surface area (Å²) < 4.78 is 26.0. The molecule has 4 aliphatic rings. The van der Waals surface area contributed by atoms with Gasteiger partial charge >= 0.3 is 5.97 Å². The van der Waals surface area contributed by atoms with E-state index in [1.807, 2.05) is 36.4 Å². The molecule has 174 valence electrons. The van der Waals surface area contributed by atoms with Crippen LogP contribution in [0.3, 0.4) is 0 Å². The Morgan fingerprint density at radius 1 is 1.06 bits per heavy atom. The highest BCUT2D eigenvalue weighted by Crippen LogP contribution is 2.34. The van der Waals surface area contributed by atoms with E-state index >= 15 is 0 Å². The number of carbonyl (C=O) groups is 2. The third-order valence-electron chi connectivity index (χ3n) is 6.23. The Kier molecular flexibility index (Phi) is 5.73. The first-order valence-electron chi connectivity index (χ1n) is 11.3. The van der Waals surface area contributed by atoms with E-state index in [1.54, 1.807) is 13.0 Å². The molecule has 3 aromatic rings. The molecule has 0 fully saturated rings. The van der Waals surface area contributed by atoms with Crippen LogP contribution in [-0.2, 0) is 33.6 Å². The minimum Gasteiger partial charge on any atom is -0.479 e. The largest absolute Gasteiger partial charge is 0.479 e. The van der Waals surface area contributed by atoms with Crippen molar-refractivity contribution in [3.05, 3.63) is 76.9 Å². The van der Waals surface area contributed by atoms with Crippen molar-refractivity contribution < 1.29 is 23.5 Å². The minimum absolute atomic E-state index is 0.0841. The molecule has 7 rings (SSSR count). The van der Waals surface area contributed by atoms with Crippen molar-refractivity contribution in [2.45, 2.75) is 44.6 Å². The zero-order valence-corrected chi connectivity index (χ0v) is 18.8. The van der Waals surface area contributed by atoms with E-state index in [0.717, 1.165) is 28.6 Å². The number of ketones is 1. The van der Waals surface area contributed by atoms with Crippen LogP contribution in [0.4, 0.5) is 16.0 Å². The molecule has 34 heavy (non-hydrogen) atoms. The van der Waals surface area contributed by atoms with E-state index in [0.29, 0.717) is 12.2 Å². The number of benzene rings is 2. The second-order valence-electron chi connectivity index (χ2n) is 8.84. The lowest BCUT2D eigenvalue weighted by molar-refractivity contribution is -0.147. The average molecular weight is 461 g/mol. The van der Waals surface area contributed by atoms with Gasteiger partial charge in [-0.05, 0) is 42.7 Å². The van der Waals surface area contributed by atoms with Gasteiger partial charge in [0.2, 0.25) is 5.95 Å². The molecule has 0 radical (unpaired) electrons. The number of hydrogen-bond donors (Lipinski definition) is 1. The lowest BCUT2D eigenvalue weighted by Crippen LogP contribution is -2.46. The van der Waals surface area contributed by atoms with Crippen LogP contribution in [0.1, 0.15) is 42.1 Å². The number of rotatable bonds is 0. The fourth-order valence-electron chi connectivity index (χ4n) is 4.22. The molecule has 0 spiro atoms. The van der Waals surface area contributed by atoms with E-state index in [1.165, 1.54) is 0 Å². The number of anilines is 2.